The van der Waals surface area contributed by atoms with Crippen LogP contribution in [-0.4, -0.2) is 47.1 Å². The maximum absolute atomic E-state index is 13.6. The van der Waals surface area contributed by atoms with Crippen LogP contribution in [0.15, 0.2) is 47.6 Å². The van der Waals surface area contributed by atoms with Gasteiger partial charge in [0, 0.05) is 6.42 Å². The van der Waals surface area contributed by atoms with E-state index in [4.69, 9.17) is 9.05 Å². The molecule has 7 heteroatoms. The Morgan fingerprint density at radius 1 is 1.15 bits per heavy atom. The largest absolute Gasteiger partial charge is 0.393 e. The van der Waals surface area contributed by atoms with Gasteiger partial charge in [-0.3, -0.25) is 9.36 Å². The van der Waals surface area contributed by atoms with Crippen molar-refractivity contribution in [1.82, 2.24) is 0 Å². The molecule has 3 aliphatic carbocycles. The Balaban J connectivity index is 1.74. The summed E-state index contributed by atoms with van der Waals surface area (Å²) in [6, 6.07) is 0. The zero-order chi connectivity index (χ0) is 29.5. The number of aliphatic hydroxyl groups excluding tert-OH is 2. The molecule has 2 unspecified atom stereocenters. The van der Waals surface area contributed by atoms with Crippen molar-refractivity contribution in [3.05, 3.63) is 47.6 Å². The van der Waals surface area contributed by atoms with Gasteiger partial charge in [0.2, 0.25) is 0 Å². The van der Waals surface area contributed by atoms with Gasteiger partial charge in [-0.05, 0) is 98.2 Å². The summed E-state index contributed by atoms with van der Waals surface area (Å²) in [5.74, 6) is 0.975. The van der Waals surface area contributed by atoms with Gasteiger partial charge >= 0.3 is 7.60 Å². The minimum Gasteiger partial charge on any atom is -0.393 e. The highest BCUT2D eigenvalue weighted by Crippen LogP contribution is 2.60. The SMILES string of the molecule is C=C1/C(=C\C=C2/CCC[C@@]3(C)C2CC[C@@H]3[C@H](C)/C=C/C(=O)C(CC)P(=O)(OCCC)OCCC)C[C@@H](O)C[C@@H]1O. The number of allylic oxidation sites excluding steroid dienone is 5. The quantitative estimate of drug-likeness (QED) is 0.172. The third-order valence-corrected chi connectivity index (χ3v) is 12.0. The van der Waals surface area contributed by atoms with Crippen LogP contribution >= 0.6 is 7.60 Å². The number of aliphatic hydroxyl groups is 2. The van der Waals surface area contributed by atoms with Gasteiger partial charge in [0.25, 0.3) is 0 Å². The van der Waals surface area contributed by atoms with Gasteiger partial charge in [-0.25, -0.2) is 0 Å². The Kier molecular flexibility index (Phi) is 12.2. The zero-order valence-corrected chi connectivity index (χ0v) is 26.3. The second kappa shape index (κ2) is 14.7. The van der Waals surface area contributed by atoms with E-state index in [1.165, 1.54) is 5.57 Å². The van der Waals surface area contributed by atoms with Crippen molar-refractivity contribution < 1.29 is 28.6 Å². The van der Waals surface area contributed by atoms with E-state index in [0.29, 0.717) is 57.2 Å². The lowest BCUT2D eigenvalue weighted by Crippen LogP contribution is -2.35. The highest BCUT2D eigenvalue weighted by molar-refractivity contribution is 7.55. The highest BCUT2D eigenvalue weighted by atomic mass is 31.2. The van der Waals surface area contributed by atoms with Crippen molar-refractivity contribution in [2.75, 3.05) is 13.2 Å². The van der Waals surface area contributed by atoms with Crippen molar-refractivity contribution in [2.24, 2.45) is 23.2 Å². The molecule has 2 N–H and O–H groups in total. The summed E-state index contributed by atoms with van der Waals surface area (Å²) in [5, 5.41) is 20.4. The lowest BCUT2D eigenvalue weighted by atomic mass is 9.61. The van der Waals surface area contributed by atoms with E-state index in [9.17, 15) is 19.6 Å². The van der Waals surface area contributed by atoms with Crippen molar-refractivity contribution in [3.63, 3.8) is 0 Å². The summed E-state index contributed by atoms with van der Waals surface area (Å²) in [5.41, 5.74) is 2.50. The first-order valence-electron chi connectivity index (χ1n) is 15.6. The number of hydrogen-bond acceptors (Lipinski definition) is 6. The molecule has 3 aliphatic rings. The molecule has 40 heavy (non-hydrogen) atoms. The van der Waals surface area contributed by atoms with Gasteiger partial charge in [-0.15, -0.1) is 0 Å². The highest BCUT2D eigenvalue weighted by Gasteiger charge is 2.50. The molecule has 3 saturated carbocycles. The van der Waals surface area contributed by atoms with E-state index in [1.54, 1.807) is 6.08 Å². The maximum atomic E-state index is 13.6. The number of rotatable bonds is 13. The van der Waals surface area contributed by atoms with E-state index in [0.717, 1.165) is 43.3 Å². The topological polar surface area (TPSA) is 93.1 Å². The summed E-state index contributed by atoms with van der Waals surface area (Å²) in [6.45, 7) is 15.1. The Bertz CT molecular complexity index is 1020. The molecule has 226 valence electrons. The summed E-state index contributed by atoms with van der Waals surface area (Å²) in [7, 11) is -3.53. The van der Waals surface area contributed by atoms with E-state index in [1.807, 2.05) is 26.8 Å². The summed E-state index contributed by atoms with van der Waals surface area (Å²) in [4.78, 5) is 13.3. The number of ketones is 1. The van der Waals surface area contributed by atoms with Crippen molar-refractivity contribution in [3.8, 4) is 0 Å². The number of fused-ring (bicyclic) bond motifs is 1. The summed E-state index contributed by atoms with van der Waals surface area (Å²) in [6.07, 6.45) is 15.1. The molecule has 0 saturated heterocycles. The Morgan fingerprint density at radius 2 is 1.82 bits per heavy atom. The first-order valence-corrected chi connectivity index (χ1v) is 17.2. The van der Waals surface area contributed by atoms with Gasteiger partial charge in [0.05, 0.1) is 25.4 Å². The van der Waals surface area contributed by atoms with E-state index in [2.05, 4.69) is 32.6 Å². The Labute approximate surface area is 242 Å². The predicted molar refractivity (Wildman–Crippen MR) is 162 cm³/mol. The molecule has 0 bridgehead atoms. The Hall–Kier alpha value is -1.30. The molecule has 0 amide bonds. The van der Waals surface area contributed by atoms with Crippen molar-refractivity contribution in [2.45, 2.75) is 117 Å². The van der Waals surface area contributed by atoms with Gasteiger partial charge in [0.1, 0.15) is 5.66 Å². The molecule has 0 heterocycles. The average molecular weight is 577 g/mol. The number of hydrogen-bond donors (Lipinski definition) is 2. The normalized spacial score (nSPS) is 33.0. The molecule has 7 atom stereocenters. The maximum Gasteiger partial charge on any atom is 0.341 e. The lowest BCUT2D eigenvalue weighted by Gasteiger charge is -2.44. The molecular weight excluding hydrogens is 523 g/mol. The van der Waals surface area contributed by atoms with Crippen LogP contribution in [-0.2, 0) is 18.4 Å². The number of carbonyl (C=O) groups is 1. The van der Waals surface area contributed by atoms with Crippen LogP contribution in [0.1, 0.15) is 98.8 Å². The van der Waals surface area contributed by atoms with Gasteiger partial charge in [-0.1, -0.05) is 65.0 Å². The van der Waals surface area contributed by atoms with Gasteiger partial charge < -0.3 is 19.3 Å². The lowest BCUT2D eigenvalue weighted by molar-refractivity contribution is -0.114. The van der Waals surface area contributed by atoms with Crippen LogP contribution in [0.4, 0.5) is 0 Å². The van der Waals surface area contributed by atoms with Crippen molar-refractivity contribution in [1.29, 1.82) is 0 Å². The molecule has 0 aromatic rings. The average Bonchev–Trinajstić information content (AvgIpc) is 3.28. The van der Waals surface area contributed by atoms with Crippen molar-refractivity contribution >= 4 is 13.4 Å². The van der Waals surface area contributed by atoms with Crippen LogP contribution in [0.5, 0.6) is 0 Å². The molecule has 0 radical (unpaired) electrons. The standard InChI is InChI=1S/C33H53O6P/c1-7-19-38-40(37,39-20-8-2)32(9-3)30(35)17-12-23(4)28-15-16-29-25(11-10-18-33(28,29)6)13-14-26-21-27(34)22-31(36)24(26)5/h12-14,17,23,27-29,31-32,34,36H,5,7-11,15-16,18-22H2,1-4,6H3/b17-12+,25-13+,26-14-/t23-,27-,28-,29?,31+,32?,33-/m1/s1. The van der Waals surface area contributed by atoms with E-state index >= 15 is 0 Å². The van der Waals surface area contributed by atoms with E-state index < -0.39 is 25.5 Å². The third kappa shape index (κ3) is 7.55. The van der Waals surface area contributed by atoms with E-state index in [-0.39, 0.29) is 17.1 Å². The fourth-order valence-electron chi connectivity index (χ4n) is 7.33. The molecular formula is C33H53O6P. The summed E-state index contributed by atoms with van der Waals surface area (Å²) < 4.78 is 24.9. The number of carbonyl (C=O) groups excluding carboxylic acids is 1. The first-order chi connectivity index (χ1) is 19.0. The molecule has 0 aromatic carbocycles. The minimum absolute atomic E-state index is 0.145. The molecule has 3 fully saturated rings. The van der Waals surface area contributed by atoms with Gasteiger partial charge in [0.15, 0.2) is 5.78 Å². The molecule has 0 aromatic heterocycles. The monoisotopic (exact) mass is 576 g/mol. The third-order valence-electron chi connectivity index (χ3n) is 9.55. The smallest absolute Gasteiger partial charge is 0.341 e. The van der Waals surface area contributed by atoms with Crippen LogP contribution in [0.2, 0.25) is 0 Å². The second-order valence-electron chi connectivity index (χ2n) is 12.4. The fraction of sp³-hybridized carbons (Fsp3) is 0.727. The first kappa shape index (κ1) is 33.2. The van der Waals surface area contributed by atoms with Crippen LogP contribution in [0.25, 0.3) is 0 Å². The molecule has 0 spiro atoms. The fourth-order valence-corrected chi connectivity index (χ4v) is 9.49. The predicted octanol–water partition coefficient (Wildman–Crippen LogP) is 7.71. The van der Waals surface area contributed by atoms with Crippen LogP contribution in [0.3, 0.4) is 0 Å². The molecule has 0 aliphatic heterocycles. The van der Waals surface area contributed by atoms with Gasteiger partial charge in [-0.2, -0.15) is 0 Å². The van der Waals surface area contributed by atoms with Crippen LogP contribution in [0, 0.1) is 23.2 Å². The zero-order valence-electron chi connectivity index (χ0n) is 25.4. The molecule has 6 nitrogen and oxygen atoms in total. The second-order valence-corrected chi connectivity index (χ2v) is 14.6. The molecule has 3 rings (SSSR count). The Morgan fingerprint density at radius 3 is 2.45 bits per heavy atom. The minimum atomic E-state index is -3.53. The summed E-state index contributed by atoms with van der Waals surface area (Å²) >= 11 is 0. The van der Waals surface area contributed by atoms with Crippen LogP contribution < -0.4 is 0 Å².